The van der Waals surface area contributed by atoms with Gasteiger partial charge in [0.15, 0.2) is 5.96 Å². The van der Waals surface area contributed by atoms with Crippen molar-refractivity contribution in [2.75, 3.05) is 26.5 Å². The minimum absolute atomic E-state index is 0. The van der Waals surface area contributed by atoms with Crippen molar-refractivity contribution >= 4 is 47.7 Å². The second-order valence-electron chi connectivity index (χ2n) is 4.79. The number of rotatable bonds is 8. The first-order valence-corrected chi connectivity index (χ1v) is 8.85. The molecule has 5 nitrogen and oxygen atoms in total. The Morgan fingerprint density at radius 2 is 2.08 bits per heavy atom. The second-order valence-corrected chi connectivity index (χ2v) is 5.66. The van der Waals surface area contributed by atoms with E-state index in [1.165, 1.54) is 13.2 Å². The lowest BCUT2D eigenvalue weighted by Gasteiger charge is -2.12. The number of ether oxygens (including phenoxy) is 1. The molecule has 0 saturated heterocycles. The van der Waals surface area contributed by atoms with Crippen molar-refractivity contribution in [2.45, 2.75) is 25.6 Å². The number of nitrogens with one attached hydrogen (secondary N) is 2. The summed E-state index contributed by atoms with van der Waals surface area (Å²) in [5, 5.41) is 6.19. The molecule has 0 aliphatic heterocycles. The molecule has 1 aromatic rings. The molecule has 0 atom stereocenters. The summed E-state index contributed by atoms with van der Waals surface area (Å²) in [6.45, 7) is 3.57. The Morgan fingerprint density at radius 3 is 2.71 bits per heavy atom. The SMILES string of the molecule is CCNC(=NCc1ccc(F)cc1CSC)NCCC(=O)OC.I. The molecule has 2 N–H and O–H groups in total. The Labute approximate surface area is 164 Å². The summed E-state index contributed by atoms with van der Waals surface area (Å²) in [6, 6.07) is 4.77. The zero-order valence-electron chi connectivity index (χ0n) is 14.2. The van der Waals surface area contributed by atoms with E-state index in [0.717, 1.165) is 16.9 Å². The molecule has 0 aromatic heterocycles. The Hall–Kier alpha value is -1.03. The van der Waals surface area contributed by atoms with Gasteiger partial charge in [0.25, 0.3) is 0 Å². The maximum atomic E-state index is 13.4. The van der Waals surface area contributed by atoms with E-state index in [-0.39, 0.29) is 42.2 Å². The summed E-state index contributed by atoms with van der Waals surface area (Å²) in [5.41, 5.74) is 1.94. The van der Waals surface area contributed by atoms with Gasteiger partial charge in [0.1, 0.15) is 5.82 Å². The van der Waals surface area contributed by atoms with Crippen molar-refractivity contribution in [3.63, 3.8) is 0 Å². The van der Waals surface area contributed by atoms with Gasteiger partial charge in [0.2, 0.25) is 0 Å². The Kier molecular flexibility index (Phi) is 12.7. The molecule has 0 bridgehead atoms. The first-order valence-electron chi connectivity index (χ1n) is 7.46. The summed E-state index contributed by atoms with van der Waals surface area (Å²) >= 11 is 1.64. The molecule has 0 radical (unpaired) electrons. The third kappa shape index (κ3) is 8.72. The highest BCUT2D eigenvalue weighted by molar-refractivity contribution is 14.0. The van der Waals surface area contributed by atoms with Gasteiger partial charge in [-0.15, -0.1) is 24.0 Å². The molecule has 1 rings (SSSR count). The van der Waals surface area contributed by atoms with Crippen LogP contribution in [0.1, 0.15) is 24.5 Å². The van der Waals surface area contributed by atoms with Gasteiger partial charge in [-0.2, -0.15) is 11.8 Å². The number of carbonyl (C=O) groups is 1. The van der Waals surface area contributed by atoms with Crippen LogP contribution in [0.4, 0.5) is 4.39 Å². The summed E-state index contributed by atoms with van der Waals surface area (Å²) in [4.78, 5) is 15.6. The van der Waals surface area contributed by atoms with Gasteiger partial charge in [0, 0.05) is 18.8 Å². The van der Waals surface area contributed by atoms with Crippen molar-refractivity contribution in [3.05, 3.63) is 35.1 Å². The van der Waals surface area contributed by atoms with Crippen molar-refractivity contribution in [3.8, 4) is 0 Å². The normalized spacial score (nSPS) is 10.8. The summed E-state index contributed by atoms with van der Waals surface area (Å²) in [6.07, 6.45) is 2.26. The second kappa shape index (κ2) is 13.3. The minimum atomic E-state index is -0.269. The van der Waals surface area contributed by atoms with Crippen LogP contribution < -0.4 is 10.6 Å². The first kappa shape index (κ1) is 23.0. The lowest BCUT2D eigenvalue weighted by atomic mass is 10.1. The molecule has 1 aromatic carbocycles. The quantitative estimate of drug-likeness (QED) is 0.266. The molecule has 0 saturated carbocycles. The van der Waals surface area contributed by atoms with Gasteiger partial charge in [0.05, 0.1) is 20.1 Å². The lowest BCUT2D eigenvalue weighted by Crippen LogP contribution is -2.38. The van der Waals surface area contributed by atoms with Crippen LogP contribution in [0.5, 0.6) is 0 Å². The van der Waals surface area contributed by atoms with Gasteiger partial charge in [-0.1, -0.05) is 6.07 Å². The van der Waals surface area contributed by atoms with E-state index in [2.05, 4.69) is 20.4 Å². The maximum absolute atomic E-state index is 13.4. The zero-order chi connectivity index (χ0) is 17.1. The summed E-state index contributed by atoms with van der Waals surface area (Å²) < 4.78 is 18.0. The van der Waals surface area contributed by atoms with Gasteiger partial charge < -0.3 is 15.4 Å². The van der Waals surface area contributed by atoms with Crippen molar-refractivity contribution in [1.82, 2.24) is 10.6 Å². The molecule has 24 heavy (non-hydrogen) atoms. The number of thioether (sulfide) groups is 1. The van der Waals surface area contributed by atoms with Crippen LogP contribution >= 0.6 is 35.7 Å². The van der Waals surface area contributed by atoms with Crippen LogP contribution in [-0.4, -0.2) is 38.4 Å². The minimum Gasteiger partial charge on any atom is -0.469 e. The van der Waals surface area contributed by atoms with E-state index >= 15 is 0 Å². The zero-order valence-corrected chi connectivity index (χ0v) is 17.4. The predicted octanol–water partition coefficient (Wildman–Crippen LogP) is 2.92. The fourth-order valence-electron chi connectivity index (χ4n) is 1.93. The predicted molar refractivity (Wildman–Crippen MR) is 108 cm³/mol. The average Bonchev–Trinajstić information content (AvgIpc) is 2.54. The molecule has 0 unspecified atom stereocenters. The highest BCUT2D eigenvalue weighted by Crippen LogP contribution is 2.17. The van der Waals surface area contributed by atoms with Gasteiger partial charge in [-0.25, -0.2) is 9.38 Å². The van der Waals surface area contributed by atoms with Gasteiger partial charge >= 0.3 is 5.97 Å². The van der Waals surface area contributed by atoms with Crippen LogP contribution in [-0.2, 0) is 21.8 Å². The molecule has 0 aliphatic rings. The van der Waals surface area contributed by atoms with Crippen LogP contribution in [0, 0.1) is 5.82 Å². The number of halogens is 2. The van der Waals surface area contributed by atoms with E-state index in [1.54, 1.807) is 23.9 Å². The van der Waals surface area contributed by atoms with E-state index in [9.17, 15) is 9.18 Å². The average molecular weight is 469 g/mol. The van der Waals surface area contributed by atoms with Crippen molar-refractivity contribution < 1.29 is 13.9 Å². The standard InChI is InChI=1S/C16H24FN3O2S.HI/c1-4-18-16(19-8-7-15(21)22-2)20-10-12-5-6-14(17)9-13(12)11-23-3;/h5-6,9H,4,7-8,10-11H2,1-3H3,(H2,18,19,20);1H. The van der Waals surface area contributed by atoms with Gasteiger partial charge in [-0.05, 0) is 36.4 Å². The number of esters is 1. The number of hydrogen-bond acceptors (Lipinski definition) is 4. The Morgan fingerprint density at radius 1 is 1.33 bits per heavy atom. The van der Waals surface area contributed by atoms with E-state index in [1.807, 2.05) is 13.2 Å². The molecule has 0 spiro atoms. The number of benzene rings is 1. The summed E-state index contributed by atoms with van der Waals surface area (Å²) in [5.74, 6) is 0.865. The molecular formula is C16H25FIN3O2S. The van der Waals surface area contributed by atoms with E-state index in [4.69, 9.17) is 0 Å². The van der Waals surface area contributed by atoms with Gasteiger partial charge in [-0.3, -0.25) is 4.79 Å². The van der Waals surface area contributed by atoms with Crippen molar-refractivity contribution in [2.24, 2.45) is 4.99 Å². The topological polar surface area (TPSA) is 62.7 Å². The molecule has 136 valence electrons. The number of nitrogens with zero attached hydrogens (tertiary/aromatic N) is 1. The number of aliphatic imine (C=N–C) groups is 1. The van der Waals surface area contributed by atoms with E-state index in [0.29, 0.717) is 25.6 Å². The monoisotopic (exact) mass is 469 g/mol. The van der Waals surface area contributed by atoms with Crippen molar-refractivity contribution in [1.29, 1.82) is 0 Å². The molecule has 0 aliphatic carbocycles. The molecule has 0 amide bonds. The number of guanidine groups is 1. The Balaban J connectivity index is 0.00000529. The highest BCUT2D eigenvalue weighted by atomic mass is 127. The number of hydrogen-bond donors (Lipinski definition) is 2. The Bertz CT molecular complexity index is 544. The van der Waals surface area contributed by atoms with Crippen LogP contribution in [0.2, 0.25) is 0 Å². The molecule has 0 heterocycles. The third-order valence-corrected chi connectivity index (χ3v) is 3.67. The largest absolute Gasteiger partial charge is 0.469 e. The molecular weight excluding hydrogens is 444 g/mol. The third-order valence-electron chi connectivity index (χ3n) is 3.07. The van der Waals surface area contributed by atoms with E-state index < -0.39 is 0 Å². The highest BCUT2D eigenvalue weighted by Gasteiger charge is 2.05. The number of methoxy groups -OCH3 is 1. The first-order chi connectivity index (χ1) is 11.1. The lowest BCUT2D eigenvalue weighted by molar-refractivity contribution is -0.140. The van der Waals surface area contributed by atoms with Crippen LogP contribution in [0.15, 0.2) is 23.2 Å². The summed E-state index contributed by atoms with van der Waals surface area (Å²) in [7, 11) is 1.36. The maximum Gasteiger partial charge on any atom is 0.307 e. The molecule has 0 fully saturated rings. The smallest absolute Gasteiger partial charge is 0.307 e. The number of carbonyl (C=O) groups excluding carboxylic acids is 1. The van der Waals surface area contributed by atoms with Crippen LogP contribution in [0.25, 0.3) is 0 Å². The fourth-order valence-corrected chi connectivity index (χ4v) is 2.51. The molecule has 8 heteroatoms. The van der Waals surface area contributed by atoms with Crippen LogP contribution in [0.3, 0.4) is 0 Å². The fraction of sp³-hybridized carbons (Fsp3) is 0.500.